The molecule has 0 radical (unpaired) electrons. The molecule has 0 bridgehead atoms. The molecular formula is C16H23ClN2. The van der Waals surface area contributed by atoms with Crippen LogP contribution in [0.5, 0.6) is 0 Å². The van der Waals surface area contributed by atoms with Gasteiger partial charge in [-0.3, -0.25) is 0 Å². The van der Waals surface area contributed by atoms with Crippen LogP contribution in [0.15, 0.2) is 24.0 Å². The molecule has 0 N–H and O–H groups in total. The molecular weight excluding hydrogens is 256 g/mol. The molecule has 19 heavy (non-hydrogen) atoms. The molecule has 1 aromatic heterocycles. The van der Waals surface area contributed by atoms with Crippen molar-refractivity contribution in [3.63, 3.8) is 0 Å². The van der Waals surface area contributed by atoms with Crippen molar-refractivity contribution in [3.05, 3.63) is 35.4 Å². The van der Waals surface area contributed by atoms with E-state index in [0.29, 0.717) is 11.8 Å². The highest BCUT2D eigenvalue weighted by Gasteiger charge is 2.22. The lowest BCUT2D eigenvalue weighted by atomic mass is 9.81. The maximum Gasteiger partial charge on any atom is 0.131 e. The molecule has 0 unspecified atom stereocenters. The summed E-state index contributed by atoms with van der Waals surface area (Å²) in [5, 5.41) is 0. The van der Waals surface area contributed by atoms with Gasteiger partial charge in [-0.15, -0.1) is 0 Å². The van der Waals surface area contributed by atoms with Crippen LogP contribution in [0.3, 0.4) is 0 Å². The highest BCUT2D eigenvalue weighted by molar-refractivity contribution is 6.25. The second kappa shape index (κ2) is 7.64. The minimum absolute atomic E-state index is 0.542. The van der Waals surface area contributed by atoms with E-state index in [1.165, 1.54) is 44.1 Å². The van der Waals surface area contributed by atoms with E-state index in [0.717, 1.165) is 12.2 Å². The second-order valence-corrected chi connectivity index (χ2v) is 5.74. The fourth-order valence-corrected chi connectivity index (χ4v) is 2.96. The predicted octanol–water partition coefficient (Wildman–Crippen LogP) is 4.85. The Balaban J connectivity index is 1.89. The fraction of sp³-hybridized carbons (Fsp3) is 0.625. The lowest BCUT2D eigenvalue weighted by Crippen LogP contribution is -2.14. The van der Waals surface area contributed by atoms with Crippen molar-refractivity contribution < 1.29 is 0 Å². The first-order valence-corrected chi connectivity index (χ1v) is 7.84. The van der Waals surface area contributed by atoms with Crippen molar-refractivity contribution in [1.29, 1.82) is 0 Å². The molecule has 2 rings (SSSR count). The lowest BCUT2D eigenvalue weighted by Gasteiger charge is -2.25. The summed E-state index contributed by atoms with van der Waals surface area (Å²) in [6.07, 6.45) is 14.5. The van der Waals surface area contributed by atoms with Gasteiger partial charge in [0, 0.05) is 23.8 Å². The molecule has 1 fully saturated rings. The minimum Gasteiger partial charge on any atom is -0.241 e. The van der Waals surface area contributed by atoms with Crippen molar-refractivity contribution in [2.24, 2.45) is 5.92 Å². The zero-order valence-electron chi connectivity index (χ0n) is 11.7. The van der Waals surface area contributed by atoms with Gasteiger partial charge in [-0.05, 0) is 50.0 Å². The van der Waals surface area contributed by atoms with Crippen LogP contribution in [0.1, 0.15) is 62.8 Å². The summed E-state index contributed by atoms with van der Waals surface area (Å²) in [6, 6.07) is 0. The molecule has 0 aliphatic heterocycles. The fourth-order valence-electron chi connectivity index (χ4n) is 2.76. The van der Waals surface area contributed by atoms with Gasteiger partial charge in [0.2, 0.25) is 0 Å². The highest BCUT2D eigenvalue weighted by atomic mass is 35.5. The standard InChI is InChI=1S/C16H23ClN2/c1-2-3-4-14-11-18-16(19-12-14)15-7-5-13(6-8-15)9-10-17/h9-13,15H,2-8H2,1H3/b10-9+. The zero-order chi connectivity index (χ0) is 13.5. The third-order valence-corrected chi connectivity index (χ3v) is 4.17. The van der Waals surface area contributed by atoms with E-state index in [9.17, 15) is 0 Å². The number of aryl methyl sites for hydroxylation is 1. The Morgan fingerprint density at radius 1 is 1.21 bits per heavy atom. The maximum atomic E-state index is 5.64. The lowest BCUT2D eigenvalue weighted by molar-refractivity contribution is 0.366. The number of aromatic nitrogens is 2. The van der Waals surface area contributed by atoms with E-state index in [4.69, 9.17) is 11.6 Å². The van der Waals surface area contributed by atoms with Gasteiger partial charge in [0.05, 0.1) is 0 Å². The largest absolute Gasteiger partial charge is 0.241 e. The summed E-state index contributed by atoms with van der Waals surface area (Å²) in [6.45, 7) is 2.21. The zero-order valence-corrected chi connectivity index (χ0v) is 12.4. The van der Waals surface area contributed by atoms with Crippen LogP contribution in [0.4, 0.5) is 0 Å². The number of hydrogen-bond donors (Lipinski definition) is 0. The molecule has 0 atom stereocenters. The van der Waals surface area contributed by atoms with Crippen LogP contribution >= 0.6 is 11.6 Å². The SMILES string of the molecule is CCCCc1cnc(C2CCC(/C=C/Cl)CC2)nc1. The van der Waals surface area contributed by atoms with Crippen molar-refractivity contribution in [2.45, 2.75) is 57.8 Å². The van der Waals surface area contributed by atoms with Crippen molar-refractivity contribution in [1.82, 2.24) is 9.97 Å². The number of unbranched alkanes of at least 4 members (excludes halogenated alkanes) is 1. The summed E-state index contributed by atoms with van der Waals surface area (Å²) < 4.78 is 0. The molecule has 1 saturated carbocycles. The topological polar surface area (TPSA) is 25.8 Å². The van der Waals surface area contributed by atoms with Gasteiger partial charge in [-0.2, -0.15) is 0 Å². The van der Waals surface area contributed by atoms with Crippen LogP contribution < -0.4 is 0 Å². The second-order valence-electron chi connectivity index (χ2n) is 5.48. The Labute approximate surface area is 121 Å². The average Bonchev–Trinajstić information content (AvgIpc) is 2.47. The molecule has 1 aromatic rings. The molecule has 0 saturated heterocycles. The molecule has 0 amide bonds. The van der Waals surface area contributed by atoms with Crippen LogP contribution in [-0.2, 0) is 6.42 Å². The number of rotatable bonds is 5. The van der Waals surface area contributed by atoms with E-state index in [1.54, 1.807) is 5.54 Å². The number of allylic oxidation sites excluding steroid dienone is 1. The normalized spacial score (nSPS) is 23.9. The average molecular weight is 279 g/mol. The summed E-state index contributed by atoms with van der Waals surface area (Å²) in [5.74, 6) is 2.23. The molecule has 1 aliphatic carbocycles. The van der Waals surface area contributed by atoms with E-state index in [-0.39, 0.29) is 0 Å². The van der Waals surface area contributed by atoms with Crippen molar-refractivity contribution in [2.75, 3.05) is 0 Å². The van der Waals surface area contributed by atoms with E-state index in [1.807, 2.05) is 12.4 Å². The van der Waals surface area contributed by atoms with Crippen LogP contribution in [0.2, 0.25) is 0 Å². The third kappa shape index (κ3) is 4.31. The molecule has 3 heteroatoms. The Hall–Kier alpha value is -0.890. The molecule has 2 nitrogen and oxygen atoms in total. The van der Waals surface area contributed by atoms with Gasteiger partial charge in [-0.1, -0.05) is 31.0 Å². The summed E-state index contributed by atoms with van der Waals surface area (Å²) in [7, 11) is 0. The Morgan fingerprint density at radius 2 is 1.89 bits per heavy atom. The summed E-state index contributed by atoms with van der Waals surface area (Å²) in [5.41, 5.74) is 2.92. The van der Waals surface area contributed by atoms with Crippen LogP contribution in [-0.4, -0.2) is 9.97 Å². The van der Waals surface area contributed by atoms with Crippen molar-refractivity contribution in [3.8, 4) is 0 Å². The van der Waals surface area contributed by atoms with Gasteiger partial charge in [-0.25, -0.2) is 9.97 Å². The summed E-state index contributed by atoms with van der Waals surface area (Å²) >= 11 is 5.64. The molecule has 104 valence electrons. The van der Waals surface area contributed by atoms with Gasteiger partial charge >= 0.3 is 0 Å². The molecule has 1 heterocycles. The third-order valence-electron chi connectivity index (χ3n) is 4.03. The maximum absolute atomic E-state index is 5.64. The first kappa shape index (κ1) is 14.5. The van der Waals surface area contributed by atoms with Crippen molar-refractivity contribution >= 4 is 11.6 Å². The predicted molar refractivity (Wildman–Crippen MR) is 80.3 cm³/mol. The van der Waals surface area contributed by atoms with E-state index < -0.39 is 0 Å². The first-order chi connectivity index (χ1) is 9.33. The quantitative estimate of drug-likeness (QED) is 0.770. The first-order valence-electron chi connectivity index (χ1n) is 7.41. The number of halogens is 1. The monoisotopic (exact) mass is 278 g/mol. The van der Waals surface area contributed by atoms with E-state index >= 15 is 0 Å². The molecule has 0 aromatic carbocycles. The molecule has 0 spiro atoms. The van der Waals surface area contributed by atoms with Gasteiger partial charge in [0.15, 0.2) is 0 Å². The van der Waals surface area contributed by atoms with Crippen LogP contribution in [0, 0.1) is 5.92 Å². The van der Waals surface area contributed by atoms with E-state index in [2.05, 4.69) is 23.0 Å². The van der Waals surface area contributed by atoms with Gasteiger partial charge in [0.1, 0.15) is 5.82 Å². The smallest absolute Gasteiger partial charge is 0.131 e. The number of nitrogens with zero attached hydrogens (tertiary/aromatic N) is 2. The minimum atomic E-state index is 0.542. The Bertz CT molecular complexity index is 392. The molecule has 1 aliphatic rings. The van der Waals surface area contributed by atoms with Gasteiger partial charge < -0.3 is 0 Å². The summed E-state index contributed by atoms with van der Waals surface area (Å²) in [4.78, 5) is 9.14. The Kier molecular flexibility index (Phi) is 5.84. The highest BCUT2D eigenvalue weighted by Crippen LogP contribution is 2.34. The number of hydrogen-bond acceptors (Lipinski definition) is 2. The van der Waals surface area contributed by atoms with Gasteiger partial charge in [0.25, 0.3) is 0 Å². The Morgan fingerprint density at radius 3 is 2.47 bits per heavy atom. The van der Waals surface area contributed by atoms with Crippen LogP contribution in [0.25, 0.3) is 0 Å².